The second-order valence-electron chi connectivity index (χ2n) is 6.71. The number of sulfonamides is 1. The average molecular weight is 428 g/mol. The first kappa shape index (κ1) is 20.8. The third-order valence-electron chi connectivity index (χ3n) is 4.86. The third kappa shape index (κ3) is 4.53. The molecule has 9 heteroatoms. The van der Waals surface area contributed by atoms with Crippen molar-refractivity contribution < 1.29 is 26.0 Å². The number of ether oxygens (including phenoxy) is 1. The Hall–Kier alpha value is -1.97. The summed E-state index contributed by atoms with van der Waals surface area (Å²) >= 11 is 0. The minimum atomic E-state index is -3.64. The van der Waals surface area contributed by atoms with Gasteiger partial charge >= 0.3 is 0 Å². The van der Waals surface area contributed by atoms with Crippen LogP contribution >= 0.6 is 0 Å². The van der Waals surface area contributed by atoms with E-state index >= 15 is 0 Å². The van der Waals surface area contributed by atoms with Gasteiger partial charge in [-0.15, -0.1) is 0 Å². The van der Waals surface area contributed by atoms with Crippen LogP contribution in [0.3, 0.4) is 0 Å². The topological polar surface area (TPSA) is 80.8 Å². The van der Waals surface area contributed by atoms with E-state index in [1.165, 1.54) is 41.7 Å². The van der Waals surface area contributed by atoms with Crippen molar-refractivity contribution in [2.45, 2.75) is 28.7 Å². The summed E-state index contributed by atoms with van der Waals surface area (Å²) in [6.45, 7) is 0.245. The summed E-state index contributed by atoms with van der Waals surface area (Å²) in [5, 5.41) is -0.637. The fraction of sp³-hybridized carbons (Fsp3) is 0.368. The lowest BCUT2D eigenvalue weighted by molar-refractivity contribution is 0.345. The van der Waals surface area contributed by atoms with E-state index in [2.05, 4.69) is 0 Å². The molecule has 0 unspecified atom stereocenters. The van der Waals surface area contributed by atoms with Gasteiger partial charge < -0.3 is 4.74 Å². The summed E-state index contributed by atoms with van der Waals surface area (Å²) in [4.78, 5) is 0.203. The number of sulfone groups is 1. The molecule has 152 valence electrons. The van der Waals surface area contributed by atoms with Crippen LogP contribution in [0, 0.1) is 5.82 Å². The molecule has 1 fully saturated rings. The number of piperidine rings is 1. The summed E-state index contributed by atoms with van der Waals surface area (Å²) in [5.74, 6) is -0.227. The third-order valence-corrected chi connectivity index (χ3v) is 8.99. The van der Waals surface area contributed by atoms with E-state index in [1.807, 2.05) is 0 Å². The number of halogens is 1. The Labute approximate surface area is 164 Å². The van der Waals surface area contributed by atoms with E-state index in [4.69, 9.17) is 4.74 Å². The second-order valence-corrected chi connectivity index (χ2v) is 10.9. The lowest BCUT2D eigenvalue weighted by atomic mass is 10.2. The molecule has 1 heterocycles. The van der Waals surface area contributed by atoms with Crippen LogP contribution in [0.4, 0.5) is 4.39 Å². The number of methoxy groups -OCH3 is 1. The van der Waals surface area contributed by atoms with Crippen molar-refractivity contribution in [1.82, 2.24) is 4.31 Å². The van der Waals surface area contributed by atoms with E-state index in [-0.39, 0.29) is 36.6 Å². The van der Waals surface area contributed by atoms with Gasteiger partial charge in [0.2, 0.25) is 10.0 Å². The maximum absolute atomic E-state index is 13.3. The molecule has 0 spiro atoms. The Kier molecular flexibility index (Phi) is 6.07. The molecule has 28 heavy (non-hydrogen) atoms. The molecule has 2 aromatic rings. The Bertz CT molecular complexity index is 1030. The van der Waals surface area contributed by atoms with Gasteiger partial charge in [-0.25, -0.2) is 25.5 Å². The normalized spacial score (nSPS) is 16.8. The predicted octanol–water partition coefficient (Wildman–Crippen LogP) is 2.60. The molecule has 6 nitrogen and oxygen atoms in total. The summed E-state index contributed by atoms with van der Waals surface area (Å²) < 4.78 is 70.5. The first-order valence-corrected chi connectivity index (χ1v) is 12.0. The van der Waals surface area contributed by atoms with Crippen LogP contribution in [-0.4, -0.2) is 46.6 Å². The quantitative estimate of drug-likeness (QED) is 0.708. The second kappa shape index (κ2) is 8.18. The molecule has 0 bridgehead atoms. The lowest BCUT2D eigenvalue weighted by Crippen LogP contribution is -2.42. The number of hydrogen-bond acceptors (Lipinski definition) is 5. The molecule has 2 aromatic carbocycles. The van der Waals surface area contributed by atoms with Gasteiger partial charge in [0.15, 0.2) is 9.84 Å². The molecule has 0 N–H and O–H groups in total. The Balaban J connectivity index is 1.67. The Morgan fingerprint density at radius 1 is 1.04 bits per heavy atom. The van der Waals surface area contributed by atoms with Crippen LogP contribution in [0.25, 0.3) is 0 Å². The number of rotatable bonds is 6. The standard InChI is InChI=1S/C19H22FNO5S2/c1-26-17-5-7-18(8-6-17)28(24,25)19-9-11-21(12-10-19)27(22,23)14-15-3-2-4-16(20)13-15/h2-8,13,19H,9-12,14H2,1H3. The van der Waals surface area contributed by atoms with Crippen molar-refractivity contribution in [1.29, 1.82) is 0 Å². The number of benzene rings is 2. The maximum atomic E-state index is 13.3. The van der Waals surface area contributed by atoms with Crippen molar-refractivity contribution in [3.8, 4) is 5.75 Å². The molecule has 0 aromatic heterocycles. The zero-order valence-corrected chi connectivity index (χ0v) is 17.0. The Morgan fingerprint density at radius 2 is 1.68 bits per heavy atom. The molecule has 1 aliphatic heterocycles. The van der Waals surface area contributed by atoms with Crippen molar-refractivity contribution in [3.63, 3.8) is 0 Å². The smallest absolute Gasteiger partial charge is 0.218 e. The fourth-order valence-corrected chi connectivity index (χ4v) is 6.59. The fourth-order valence-electron chi connectivity index (χ4n) is 3.31. The zero-order valence-electron chi connectivity index (χ0n) is 15.4. The van der Waals surface area contributed by atoms with Crippen LogP contribution in [0.1, 0.15) is 18.4 Å². The van der Waals surface area contributed by atoms with E-state index in [0.717, 1.165) is 0 Å². The predicted molar refractivity (Wildman–Crippen MR) is 104 cm³/mol. The largest absolute Gasteiger partial charge is 0.497 e. The highest BCUT2D eigenvalue weighted by atomic mass is 32.2. The van der Waals surface area contributed by atoms with Crippen LogP contribution in [-0.2, 0) is 25.6 Å². The van der Waals surface area contributed by atoms with Gasteiger partial charge in [-0.05, 0) is 54.8 Å². The van der Waals surface area contributed by atoms with E-state index < -0.39 is 30.9 Å². The minimum Gasteiger partial charge on any atom is -0.497 e. The molecule has 1 aliphatic rings. The summed E-state index contributed by atoms with van der Waals surface area (Å²) in [7, 11) is -5.68. The first-order valence-electron chi connectivity index (χ1n) is 8.82. The molecule has 0 atom stereocenters. The van der Waals surface area contributed by atoms with Gasteiger partial charge in [-0.1, -0.05) is 12.1 Å². The summed E-state index contributed by atoms with van der Waals surface area (Å²) in [6, 6.07) is 11.7. The molecule has 3 rings (SSSR count). The van der Waals surface area contributed by atoms with Crippen molar-refractivity contribution in [3.05, 3.63) is 59.9 Å². The SMILES string of the molecule is COc1ccc(S(=O)(=O)C2CCN(S(=O)(=O)Cc3cccc(F)c3)CC2)cc1. The monoisotopic (exact) mass is 427 g/mol. The van der Waals surface area contributed by atoms with Crippen LogP contribution in [0.2, 0.25) is 0 Å². The molecular weight excluding hydrogens is 405 g/mol. The van der Waals surface area contributed by atoms with Gasteiger partial charge in [-0.2, -0.15) is 0 Å². The summed E-state index contributed by atoms with van der Waals surface area (Å²) in [5.41, 5.74) is 0.368. The molecular formula is C19H22FNO5S2. The highest BCUT2D eigenvalue weighted by molar-refractivity contribution is 7.92. The van der Waals surface area contributed by atoms with Gasteiger partial charge in [0.05, 0.1) is 23.0 Å². The minimum absolute atomic E-state index is 0.123. The lowest BCUT2D eigenvalue weighted by Gasteiger charge is -2.31. The average Bonchev–Trinajstić information content (AvgIpc) is 2.68. The van der Waals surface area contributed by atoms with Gasteiger partial charge in [-0.3, -0.25) is 0 Å². The van der Waals surface area contributed by atoms with Gasteiger partial charge in [0.1, 0.15) is 11.6 Å². The molecule has 0 radical (unpaired) electrons. The van der Waals surface area contributed by atoms with E-state index in [9.17, 15) is 21.2 Å². The van der Waals surface area contributed by atoms with Gasteiger partial charge in [0.25, 0.3) is 0 Å². The number of hydrogen-bond donors (Lipinski definition) is 0. The zero-order chi connectivity index (χ0) is 20.4. The van der Waals surface area contributed by atoms with Crippen LogP contribution in [0.15, 0.2) is 53.4 Å². The van der Waals surface area contributed by atoms with Crippen LogP contribution in [0.5, 0.6) is 5.75 Å². The van der Waals surface area contributed by atoms with Gasteiger partial charge in [0, 0.05) is 13.1 Å². The highest BCUT2D eigenvalue weighted by Gasteiger charge is 2.35. The van der Waals surface area contributed by atoms with Crippen molar-refractivity contribution in [2.24, 2.45) is 0 Å². The van der Waals surface area contributed by atoms with Crippen molar-refractivity contribution in [2.75, 3.05) is 20.2 Å². The van der Waals surface area contributed by atoms with Crippen LogP contribution < -0.4 is 4.74 Å². The number of nitrogens with zero attached hydrogens (tertiary/aromatic N) is 1. The summed E-state index contributed by atoms with van der Waals surface area (Å²) in [6.07, 6.45) is 0.438. The van der Waals surface area contributed by atoms with E-state index in [0.29, 0.717) is 11.3 Å². The first-order chi connectivity index (χ1) is 13.2. The van der Waals surface area contributed by atoms with E-state index in [1.54, 1.807) is 18.2 Å². The molecule has 0 saturated carbocycles. The highest BCUT2D eigenvalue weighted by Crippen LogP contribution is 2.27. The maximum Gasteiger partial charge on any atom is 0.218 e. The molecule has 0 amide bonds. The Morgan fingerprint density at radius 3 is 2.25 bits per heavy atom. The van der Waals surface area contributed by atoms with Crippen molar-refractivity contribution >= 4 is 19.9 Å². The molecule has 1 saturated heterocycles. The molecule has 0 aliphatic carbocycles.